The van der Waals surface area contributed by atoms with Crippen LogP contribution in [0, 0.1) is 18.7 Å². The highest BCUT2D eigenvalue weighted by atomic mass is 19.2. The van der Waals surface area contributed by atoms with E-state index in [1.807, 2.05) is 0 Å². The van der Waals surface area contributed by atoms with Crippen LogP contribution in [0.25, 0.3) is 0 Å². The summed E-state index contributed by atoms with van der Waals surface area (Å²) in [6.45, 7) is 4.67. The lowest BCUT2D eigenvalue weighted by Crippen LogP contribution is -2.14. The van der Waals surface area contributed by atoms with Gasteiger partial charge in [0.2, 0.25) is 5.95 Å². The number of esters is 1. The third-order valence-corrected chi connectivity index (χ3v) is 1.65. The molecule has 3 nitrogen and oxygen atoms in total. The molecular weight excluding hydrogens is 204 g/mol. The van der Waals surface area contributed by atoms with Crippen molar-refractivity contribution in [3.63, 3.8) is 0 Å². The fourth-order valence-corrected chi connectivity index (χ4v) is 0.997. The van der Waals surface area contributed by atoms with E-state index in [0.29, 0.717) is 0 Å². The van der Waals surface area contributed by atoms with Gasteiger partial charge in [0.05, 0.1) is 6.10 Å². The third-order valence-electron chi connectivity index (χ3n) is 1.65. The SMILES string of the molecule is Cc1cc(C(=O)OC(C)C)nc(F)c1F. The van der Waals surface area contributed by atoms with Crippen LogP contribution in [0.15, 0.2) is 6.07 Å². The minimum Gasteiger partial charge on any atom is -0.458 e. The van der Waals surface area contributed by atoms with Crippen molar-refractivity contribution in [3.8, 4) is 0 Å². The second-order valence-electron chi connectivity index (χ2n) is 3.38. The maximum atomic E-state index is 12.8. The van der Waals surface area contributed by atoms with Crippen molar-refractivity contribution >= 4 is 5.97 Å². The Morgan fingerprint density at radius 1 is 1.47 bits per heavy atom. The number of halogens is 2. The van der Waals surface area contributed by atoms with Gasteiger partial charge in [0.15, 0.2) is 11.5 Å². The van der Waals surface area contributed by atoms with Crippen LogP contribution in [-0.2, 0) is 4.74 Å². The van der Waals surface area contributed by atoms with Gasteiger partial charge in [0.25, 0.3) is 0 Å². The topological polar surface area (TPSA) is 39.2 Å². The molecule has 1 rings (SSSR count). The van der Waals surface area contributed by atoms with Crippen LogP contribution in [0.1, 0.15) is 29.9 Å². The van der Waals surface area contributed by atoms with E-state index in [4.69, 9.17) is 4.74 Å². The van der Waals surface area contributed by atoms with Gasteiger partial charge in [0, 0.05) is 0 Å². The highest BCUT2D eigenvalue weighted by Crippen LogP contribution is 2.11. The van der Waals surface area contributed by atoms with Gasteiger partial charge in [-0.15, -0.1) is 0 Å². The van der Waals surface area contributed by atoms with E-state index in [1.54, 1.807) is 13.8 Å². The Labute approximate surface area is 86.1 Å². The summed E-state index contributed by atoms with van der Waals surface area (Å²) in [4.78, 5) is 14.5. The van der Waals surface area contributed by atoms with E-state index in [2.05, 4.69) is 4.98 Å². The monoisotopic (exact) mass is 215 g/mol. The molecule has 82 valence electrons. The number of ether oxygens (including phenoxy) is 1. The van der Waals surface area contributed by atoms with Crippen LogP contribution in [0.2, 0.25) is 0 Å². The highest BCUT2D eigenvalue weighted by molar-refractivity contribution is 5.87. The Bertz CT molecular complexity index is 368. The van der Waals surface area contributed by atoms with Crippen LogP contribution < -0.4 is 0 Å². The predicted molar refractivity (Wildman–Crippen MR) is 49.4 cm³/mol. The molecule has 1 aromatic rings. The highest BCUT2D eigenvalue weighted by Gasteiger charge is 2.16. The van der Waals surface area contributed by atoms with Gasteiger partial charge in [-0.1, -0.05) is 0 Å². The summed E-state index contributed by atoms with van der Waals surface area (Å²) in [7, 11) is 0. The van der Waals surface area contributed by atoms with Crippen molar-refractivity contribution in [2.24, 2.45) is 0 Å². The summed E-state index contributed by atoms with van der Waals surface area (Å²) >= 11 is 0. The first-order valence-corrected chi connectivity index (χ1v) is 4.45. The maximum absolute atomic E-state index is 12.8. The lowest BCUT2D eigenvalue weighted by Gasteiger charge is -2.07. The smallest absolute Gasteiger partial charge is 0.357 e. The molecule has 0 N–H and O–H groups in total. The minimum atomic E-state index is -1.29. The molecule has 0 aliphatic heterocycles. The van der Waals surface area contributed by atoms with Crippen molar-refractivity contribution in [3.05, 3.63) is 29.1 Å². The first-order valence-electron chi connectivity index (χ1n) is 4.45. The number of aryl methyl sites for hydroxylation is 1. The van der Waals surface area contributed by atoms with E-state index in [9.17, 15) is 13.6 Å². The van der Waals surface area contributed by atoms with Crippen molar-refractivity contribution in [1.29, 1.82) is 0 Å². The number of hydrogen-bond acceptors (Lipinski definition) is 3. The first-order chi connectivity index (χ1) is 6.91. The molecule has 1 heterocycles. The number of rotatable bonds is 2. The van der Waals surface area contributed by atoms with Crippen LogP contribution in [0.5, 0.6) is 0 Å². The van der Waals surface area contributed by atoms with Gasteiger partial charge in [0.1, 0.15) is 0 Å². The standard InChI is InChI=1S/C10H11F2NO2/c1-5(2)15-10(14)7-4-6(3)8(11)9(12)13-7/h4-5H,1-3H3. The van der Waals surface area contributed by atoms with E-state index in [1.165, 1.54) is 6.92 Å². The number of aromatic nitrogens is 1. The molecule has 0 atom stereocenters. The molecule has 0 unspecified atom stereocenters. The second kappa shape index (κ2) is 4.33. The molecule has 0 aromatic carbocycles. The van der Waals surface area contributed by atoms with Crippen LogP contribution in [0.4, 0.5) is 8.78 Å². The molecule has 0 fully saturated rings. The molecule has 0 spiro atoms. The normalized spacial score (nSPS) is 10.5. The quantitative estimate of drug-likeness (QED) is 0.561. The lowest BCUT2D eigenvalue weighted by molar-refractivity contribution is 0.0369. The molecule has 5 heteroatoms. The molecule has 0 saturated heterocycles. The van der Waals surface area contributed by atoms with E-state index in [0.717, 1.165) is 6.07 Å². The Morgan fingerprint density at radius 2 is 2.07 bits per heavy atom. The molecule has 0 radical (unpaired) electrons. The summed E-state index contributed by atoms with van der Waals surface area (Å²) in [5.74, 6) is -3.09. The Morgan fingerprint density at radius 3 is 2.53 bits per heavy atom. The van der Waals surface area contributed by atoms with E-state index in [-0.39, 0.29) is 17.4 Å². The fourth-order valence-electron chi connectivity index (χ4n) is 0.997. The number of carbonyl (C=O) groups is 1. The Hall–Kier alpha value is -1.52. The van der Waals surface area contributed by atoms with E-state index >= 15 is 0 Å². The van der Waals surface area contributed by atoms with Gasteiger partial charge >= 0.3 is 5.97 Å². The molecule has 0 saturated carbocycles. The number of nitrogens with zero attached hydrogens (tertiary/aromatic N) is 1. The summed E-state index contributed by atoms with van der Waals surface area (Å²) in [5, 5.41) is 0. The average molecular weight is 215 g/mol. The lowest BCUT2D eigenvalue weighted by atomic mass is 10.2. The molecular formula is C10H11F2NO2. The Kier molecular flexibility index (Phi) is 3.34. The fraction of sp³-hybridized carbons (Fsp3) is 0.400. The molecule has 0 amide bonds. The summed E-state index contributed by atoms with van der Waals surface area (Å²) in [6, 6.07) is 1.16. The second-order valence-corrected chi connectivity index (χ2v) is 3.38. The minimum absolute atomic E-state index is 0.0261. The van der Waals surface area contributed by atoms with Crippen LogP contribution >= 0.6 is 0 Å². The molecule has 15 heavy (non-hydrogen) atoms. The van der Waals surface area contributed by atoms with Gasteiger partial charge < -0.3 is 4.74 Å². The zero-order valence-corrected chi connectivity index (χ0v) is 8.67. The first kappa shape index (κ1) is 11.6. The van der Waals surface area contributed by atoms with Crippen molar-refractivity contribution in [1.82, 2.24) is 4.98 Å². The zero-order chi connectivity index (χ0) is 11.6. The molecule has 0 aliphatic rings. The number of carbonyl (C=O) groups excluding carboxylic acids is 1. The van der Waals surface area contributed by atoms with Gasteiger partial charge in [-0.25, -0.2) is 14.2 Å². The third kappa shape index (κ3) is 2.71. The molecule has 1 aromatic heterocycles. The zero-order valence-electron chi connectivity index (χ0n) is 8.67. The van der Waals surface area contributed by atoms with Crippen molar-refractivity contribution in [2.75, 3.05) is 0 Å². The van der Waals surface area contributed by atoms with Gasteiger partial charge in [-0.05, 0) is 32.4 Å². The van der Waals surface area contributed by atoms with Crippen LogP contribution in [0.3, 0.4) is 0 Å². The Balaban J connectivity index is 3.01. The van der Waals surface area contributed by atoms with Crippen LogP contribution in [-0.4, -0.2) is 17.1 Å². The van der Waals surface area contributed by atoms with Gasteiger partial charge in [-0.2, -0.15) is 4.39 Å². The average Bonchev–Trinajstić information content (AvgIpc) is 2.12. The largest absolute Gasteiger partial charge is 0.458 e. The number of hydrogen-bond donors (Lipinski definition) is 0. The molecule has 0 aliphatic carbocycles. The van der Waals surface area contributed by atoms with Crippen molar-refractivity contribution < 1.29 is 18.3 Å². The predicted octanol–water partition coefficient (Wildman–Crippen LogP) is 2.23. The summed E-state index contributed by atoms with van der Waals surface area (Å²) in [6.07, 6.45) is -0.326. The summed E-state index contributed by atoms with van der Waals surface area (Å²) < 4.78 is 30.5. The van der Waals surface area contributed by atoms with E-state index < -0.39 is 17.7 Å². The summed E-state index contributed by atoms with van der Waals surface area (Å²) in [5.41, 5.74) is -0.196. The molecule has 0 bridgehead atoms. The van der Waals surface area contributed by atoms with Gasteiger partial charge in [-0.3, -0.25) is 0 Å². The number of pyridine rings is 1. The maximum Gasteiger partial charge on any atom is 0.357 e. The van der Waals surface area contributed by atoms with Crippen molar-refractivity contribution in [2.45, 2.75) is 26.9 Å².